The van der Waals surface area contributed by atoms with Gasteiger partial charge in [0.05, 0.1) is 14.2 Å². The van der Waals surface area contributed by atoms with E-state index in [0.717, 1.165) is 24.3 Å². The second-order valence-corrected chi connectivity index (χ2v) is 4.61. The highest BCUT2D eigenvalue weighted by Gasteiger charge is 2.18. The second kappa shape index (κ2) is 6.05. The second-order valence-electron chi connectivity index (χ2n) is 4.61. The van der Waals surface area contributed by atoms with Gasteiger partial charge in [0.15, 0.2) is 0 Å². The minimum absolute atomic E-state index is 0.486. The molecule has 0 amide bonds. The molecule has 0 spiro atoms. The van der Waals surface area contributed by atoms with E-state index in [9.17, 15) is 4.39 Å². The Morgan fingerprint density at radius 3 is 2.44 bits per heavy atom. The van der Waals surface area contributed by atoms with E-state index in [1.807, 2.05) is 6.07 Å². The SMILES string of the molecule is COc1cc(CC2CCCN2)c(OC)cc1CF. The zero-order valence-electron chi connectivity index (χ0n) is 11.0. The molecule has 1 N–H and O–H groups in total. The van der Waals surface area contributed by atoms with Crippen molar-refractivity contribution in [2.45, 2.75) is 32.0 Å². The zero-order chi connectivity index (χ0) is 13.0. The monoisotopic (exact) mass is 253 g/mol. The fraction of sp³-hybridized carbons (Fsp3) is 0.571. The lowest BCUT2D eigenvalue weighted by molar-refractivity contribution is 0.381. The summed E-state index contributed by atoms with van der Waals surface area (Å²) < 4.78 is 23.5. The molecule has 0 radical (unpaired) electrons. The average Bonchev–Trinajstić information content (AvgIpc) is 2.91. The van der Waals surface area contributed by atoms with Crippen LogP contribution in [0.1, 0.15) is 24.0 Å². The van der Waals surface area contributed by atoms with Crippen LogP contribution >= 0.6 is 0 Å². The first-order valence-electron chi connectivity index (χ1n) is 6.31. The van der Waals surface area contributed by atoms with Crippen LogP contribution in [0.2, 0.25) is 0 Å². The molecule has 0 aromatic heterocycles. The van der Waals surface area contributed by atoms with Crippen molar-refractivity contribution in [2.75, 3.05) is 20.8 Å². The molecule has 1 aromatic rings. The number of benzene rings is 1. The van der Waals surface area contributed by atoms with E-state index in [4.69, 9.17) is 9.47 Å². The molecule has 1 aliphatic rings. The predicted octanol–water partition coefficient (Wildman–Crippen LogP) is 2.47. The van der Waals surface area contributed by atoms with Crippen molar-refractivity contribution in [1.29, 1.82) is 0 Å². The van der Waals surface area contributed by atoms with Crippen LogP contribution < -0.4 is 14.8 Å². The molecule has 1 aliphatic heterocycles. The summed E-state index contributed by atoms with van der Waals surface area (Å²) in [5.74, 6) is 1.35. The van der Waals surface area contributed by atoms with Crippen LogP contribution in [0.3, 0.4) is 0 Å². The van der Waals surface area contributed by atoms with Gasteiger partial charge in [-0.1, -0.05) is 0 Å². The third kappa shape index (κ3) is 2.75. The molecule has 1 heterocycles. The number of hydrogen-bond donors (Lipinski definition) is 1. The maximum absolute atomic E-state index is 12.9. The summed E-state index contributed by atoms with van der Waals surface area (Å²) in [7, 11) is 3.19. The van der Waals surface area contributed by atoms with Crippen LogP contribution in [0.25, 0.3) is 0 Å². The van der Waals surface area contributed by atoms with E-state index in [2.05, 4.69) is 5.32 Å². The summed E-state index contributed by atoms with van der Waals surface area (Å²) in [6, 6.07) is 4.12. The van der Waals surface area contributed by atoms with Crippen molar-refractivity contribution in [3.63, 3.8) is 0 Å². The Hall–Kier alpha value is -1.29. The number of alkyl halides is 1. The highest BCUT2D eigenvalue weighted by molar-refractivity contribution is 5.46. The number of rotatable bonds is 5. The van der Waals surface area contributed by atoms with Gasteiger partial charge >= 0.3 is 0 Å². The number of hydrogen-bond acceptors (Lipinski definition) is 3. The third-order valence-electron chi connectivity index (χ3n) is 3.46. The van der Waals surface area contributed by atoms with Gasteiger partial charge in [-0.2, -0.15) is 0 Å². The highest BCUT2D eigenvalue weighted by Crippen LogP contribution is 2.31. The van der Waals surface area contributed by atoms with Gasteiger partial charge in [0.2, 0.25) is 0 Å². The van der Waals surface area contributed by atoms with Gasteiger partial charge in [-0.25, -0.2) is 4.39 Å². The minimum atomic E-state index is -0.540. The van der Waals surface area contributed by atoms with Crippen molar-refractivity contribution >= 4 is 0 Å². The summed E-state index contributed by atoms with van der Waals surface area (Å²) in [6.07, 6.45) is 3.29. The molecule has 2 rings (SSSR count). The molecule has 3 nitrogen and oxygen atoms in total. The maximum Gasteiger partial charge on any atom is 0.125 e. The summed E-state index contributed by atoms with van der Waals surface area (Å²) in [4.78, 5) is 0. The van der Waals surface area contributed by atoms with Gasteiger partial charge in [-0.15, -0.1) is 0 Å². The predicted molar refractivity (Wildman–Crippen MR) is 69.1 cm³/mol. The third-order valence-corrected chi connectivity index (χ3v) is 3.46. The molecule has 0 bridgehead atoms. The molecule has 1 saturated heterocycles. The Morgan fingerprint density at radius 1 is 1.22 bits per heavy atom. The Balaban J connectivity index is 2.26. The lowest BCUT2D eigenvalue weighted by atomic mass is 10.0. The van der Waals surface area contributed by atoms with Gasteiger partial charge in [0.25, 0.3) is 0 Å². The highest BCUT2D eigenvalue weighted by atomic mass is 19.1. The smallest absolute Gasteiger partial charge is 0.125 e. The first-order valence-corrected chi connectivity index (χ1v) is 6.31. The van der Waals surface area contributed by atoms with Crippen LogP contribution in [0.5, 0.6) is 11.5 Å². The Kier molecular flexibility index (Phi) is 4.42. The van der Waals surface area contributed by atoms with Gasteiger partial charge in [0, 0.05) is 11.6 Å². The number of methoxy groups -OCH3 is 2. The van der Waals surface area contributed by atoms with Crippen LogP contribution in [0.15, 0.2) is 12.1 Å². The molecule has 100 valence electrons. The quantitative estimate of drug-likeness (QED) is 0.874. The summed E-state index contributed by atoms with van der Waals surface area (Å²) in [6.45, 7) is 0.536. The lowest BCUT2D eigenvalue weighted by Gasteiger charge is -2.16. The van der Waals surface area contributed by atoms with Gasteiger partial charge < -0.3 is 14.8 Å². The summed E-state index contributed by atoms with van der Waals surface area (Å²) in [5.41, 5.74) is 1.61. The van der Waals surface area contributed by atoms with Gasteiger partial charge in [-0.3, -0.25) is 0 Å². The van der Waals surface area contributed by atoms with Crippen molar-refractivity contribution in [1.82, 2.24) is 5.32 Å². The molecular weight excluding hydrogens is 233 g/mol. The fourth-order valence-electron chi connectivity index (χ4n) is 2.48. The first kappa shape index (κ1) is 13.1. The van der Waals surface area contributed by atoms with Crippen LogP contribution in [0, 0.1) is 0 Å². The van der Waals surface area contributed by atoms with Crippen LogP contribution in [-0.4, -0.2) is 26.8 Å². The van der Waals surface area contributed by atoms with E-state index in [1.54, 1.807) is 20.3 Å². The average molecular weight is 253 g/mol. The van der Waals surface area contributed by atoms with Crippen LogP contribution in [0.4, 0.5) is 4.39 Å². The maximum atomic E-state index is 12.9. The molecule has 0 aliphatic carbocycles. The largest absolute Gasteiger partial charge is 0.496 e. The van der Waals surface area contributed by atoms with Crippen molar-refractivity contribution in [2.24, 2.45) is 0 Å². The summed E-state index contributed by atoms with van der Waals surface area (Å²) >= 11 is 0. The zero-order valence-corrected chi connectivity index (χ0v) is 11.0. The molecule has 1 aromatic carbocycles. The minimum Gasteiger partial charge on any atom is -0.496 e. The lowest BCUT2D eigenvalue weighted by Crippen LogP contribution is -2.23. The van der Waals surface area contributed by atoms with E-state index < -0.39 is 6.67 Å². The standard InChI is InChI=1S/C14H20FNO2/c1-17-13-8-11(9-15)14(18-2)7-10(13)6-12-4-3-5-16-12/h7-8,12,16H,3-6,9H2,1-2H3. The van der Waals surface area contributed by atoms with Crippen LogP contribution in [-0.2, 0) is 13.1 Å². The molecule has 1 unspecified atom stereocenters. The molecule has 1 fully saturated rings. The Bertz CT molecular complexity index is 403. The molecular formula is C14H20FNO2. The van der Waals surface area contributed by atoms with Crippen molar-refractivity contribution in [3.8, 4) is 11.5 Å². The van der Waals surface area contributed by atoms with E-state index in [1.165, 1.54) is 12.8 Å². The van der Waals surface area contributed by atoms with Crippen molar-refractivity contribution < 1.29 is 13.9 Å². The van der Waals surface area contributed by atoms with E-state index in [0.29, 0.717) is 17.4 Å². The Morgan fingerprint density at radius 2 is 1.89 bits per heavy atom. The van der Waals surface area contributed by atoms with E-state index in [-0.39, 0.29) is 0 Å². The molecule has 1 atom stereocenters. The first-order chi connectivity index (χ1) is 8.78. The van der Waals surface area contributed by atoms with Gasteiger partial charge in [-0.05, 0) is 43.5 Å². The number of ether oxygens (including phenoxy) is 2. The summed E-state index contributed by atoms with van der Waals surface area (Å²) in [5, 5.41) is 3.45. The topological polar surface area (TPSA) is 30.5 Å². The normalized spacial score (nSPS) is 18.9. The van der Waals surface area contributed by atoms with Gasteiger partial charge in [0.1, 0.15) is 18.2 Å². The number of nitrogens with one attached hydrogen (secondary N) is 1. The van der Waals surface area contributed by atoms with Crippen molar-refractivity contribution in [3.05, 3.63) is 23.3 Å². The Labute approximate surface area is 107 Å². The number of halogens is 1. The fourth-order valence-corrected chi connectivity index (χ4v) is 2.48. The molecule has 0 saturated carbocycles. The molecule has 4 heteroatoms. The molecule has 18 heavy (non-hydrogen) atoms. The van der Waals surface area contributed by atoms with E-state index >= 15 is 0 Å².